The molecule has 0 saturated carbocycles. The molecule has 20 heavy (non-hydrogen) atoms. The van der Waals surface area contributed by atoms with E-state index in [9.17, 15) is 8.42 Å². The molecule has 0 aliphatic heterocycles. The highest BCUT2D eigenvalue weighted by molar-refractivity contribution is 7.89. The summed E-state index contributed by atoms with van der Waals surface area (Å²) in [5.41, 5.74) is 6.11. The molecule has 6 nitrogen and oxygen atoms in total. The minimum atomic E-state index is -3.51. The molecule has 0 fully saturated rings. The molecule has 2 N–H and O–H groups in total. The van der Waals surface area contributed by atoms with Gasteiger partial charge in [-0.15, -0.1) is 0 Å². The number of nitrogens with zero attached hydrogens (tertiary/aromatic N) is 2. The van der Waals surface area contributed by atoms with Crippen LogP contribution in [-0.2, 0) is 10.0 Å². The molecule has 1 aromatic rings. The molecule has 0 heterocycles. The van der Waals surface area contributed by atoms with Crippen molar-refractivity contribution in [2.24, 2.45) is 0 Å². The molecule has 114 valence electrons. The van der Waals surface area contributed by atoms with Gasteiger partial charge in [0, 0.05) is 19.7 Å². The molecular formula is C13H23N3O3S. The molecule has 1 aromatic carbocycles. The number of benzene rings is 1. The Bertz CT molecular complexity index is 544. The topological polar surface area (TPSA) is 75.9 Å². The maximum absolute atomic E-state index is 12.4. The maximum Gasteiger partial charge on any atom is 0.242 e. The number of hydrogen-bond acceptors (Lipinski definition) is 5. The summed E-state index contributed by atoms with van der Waals surface area (Å²) < 4.78 is 31.2. The third-order valence-corrected chi connectivity index (χ3v) is 4.84. The second-order valence-electron chi connectivity index (χ2n) is 4.89. The summed E-state index contributed by atoms with van der Waals surface area (Å²) in [5, 5.41) is 0. The molecule has 0 spiro atoms. The number of methoxy groups -OCH3 is 1. The number of ether oxygens (including phenoxy) is 1. The van der Waals surface area contributed by atoms with Crippen LogP contribution in [0.15, 0.2) is 23.1 Å². The maximum atomic E-state index is 12.4. The van der Waals surface area contributed by atoms with Crippen molar-refractivity contribution in [3.8, 4) is 5.75 Å². The molecule has 0 atom stereocenters. The lowest BCUT2D eigenvalue weighted by atomic mass is 10.3. The van der Waals surface area contributed by atoms with E-state index in [-0.39, 0.29) is 4.90 Å². The van der Waals surface area contributed by atoms with Crippen molar-refractivity contribution >= 4 is 15.7 Å². The Balaban J connectivity index is 2.87. The normalized spacial score (nSPS) is 12.1. The van der Waals surface area contributed by atoms with Crippen LogP contribution in [0.1, 0.15) is 6.42 Å². The molecule has 0 aliphatic rings. The van der Waals surface area contributed by atoms with Gasteiger partial charge >= 0.3 is 0 Å². The summed E-state index contributed by atoms with van der Waals surface area (Å²) >= 11 is 0. The predicted octanol–water partition coefficient (Wildman–Crippen LogP) is 0.850. The van der Waals surface area contributed by atoms with Crippen molar-refractivity contribution in [1.29, 1.82) is 0 Å². The number of anilines is 1. The fourth-order valence-electron chi connectivity index (χ4n) is 1.76. The minimum Gasteiger partial charge on any atom is -0.495 e. The molecule has 1 rings (SSSR count). The van der Waals surface area contributed by atoms with Crippen molar-refractivity contribution in [1.82, 2.24) is 9.21 Å². The lowest BCUT2D eigenvalue weighted by molar-refractivity contribution is 0.370. The van der Waals surface area contributed by atoms with E-state index < -0.39 is 10.0 Å². The van der Waals surface area contributed by atoms with Gasteiger partial charge in [0.2, 0.25) is 10.0 Å². The Hall–Kier alpha value is -1.31. The second-order valence-corrected chi connectivity index (χ2v) is 6.93. The van der Waals surface area contributed by atoms with Gasteiger partial charge in [0.1, 0.15) is 5.75 Å². The van der Waals surface area contributed by atoms with Gasteiger partial charge in [0.15, 0.2) is 0 Å². The molecular weight excluding hydrogens is 278 g/mol. The Morgan fingerprint density at radius 1 is 1.20 bits per heavy atom. The third kappa shape index (κ3) is 4.09. The smallest absolute Gasteiger partial charge is 0.242 e. The third-order valence-electron chi connectivity index (χ3n) is 2.99. The van der Waals surface area contributed by atoms with Gasteiger partial charge in [0.05, 0.1) is 17.7 Å². The van der Waals surface area contributed by atoms with Gasteiger partial charge in [0.25, 0.3) is 0 Å². The number of nitrogens with two attached hydrogens (primary N) is 1. The Morgan fingerprint density at radius 2 is 1.85 bits per heavy atom. The standard InChI is InChI=1S/C13H23N3O3S/c1-15(2)8-5-9-16(3)20(17,18)11-6-7-12(14)13(10-11)19-4/h6-7,10H,5,8-9,14H2,1-4H3. The average molecular weight is 301 g/mol. The summed E-state index contributed by atoms with van der Waals surface area (Å²) in [5.74, 6) is 0.368. The summed E-state index contributed by atoms with van der Waals surface area (Å²) in [4.78, 5) is 2.21. The zero-order valence-electron chi connectivity index (χ0n) is 12.5. The van der Waals surface area contributed by atoms with Gasteiger partial charge in [-0.25, -0.2) is 12.7 Å². The summed E-state index contributed by atoms with van der Waals surface area (Å²) in [7, 11) is 3.45. The molecule has 0 saturated heterocycles. The van der Waals surface area contributed by atoms with E-state index in [2.05, 4.69) is 0 Å². The Labute approximate surface area is 121 Å². The van der Waals surface area contributed by atoms with Crippen LogP contribution in [0.25, 0.3) is 0 Å². The van der Waals surface area contributed by atoms with E-state index in [0.717, 1.165) is 13.0 Å². The van der Waals surface area contributed by atoms with Crippen LogP contribution in [0.3, 0.4) is 0 Å². The van der Waals surface area contributed by atoms with Gasteiger partial charge in [-0.2, -0.15) is 0 Å². The Kier molecular flexibility index (Phi) is 5.79. The van der Waals surface area contributed by atoms with E-state index in [1.54, 1.807) is 13.1 Å². The van der Waals surface area contributed by atoms with Gasteiger partial charge < -0.3 is 15.4 Å². The first-order valence-corrected chi connectivity index (χ1v) is 7.77. The fourth-order valence-corrected chi connectivity index (χ4v) is 2.99. The van der Waals surface area contributed by atoms with Crippen LogP contribution in [0.5, 0.6) is 5.75 Å². The van der Waals surface area contributed by atoms with E-state index in [0.29, 0.717) is 18.0 Å². The van der Waals surface area contributed by atoms with Gasteiger partial charge in [-0.05, 0) is 39.2 Å². The quantitative estimate of drug-likeness (QED) is 0.756. The van der Waals surface area contributed by atoms with Crippen molar-refractivity contribution in [2.45, 2.75) is 11.3 Å². The van der Waals surface area contributed by atoms with Crippen LogP contribution in [0, 0.1) is 0 Å². The number of sulfonamides is 1. The molecule has 0 aromatic heterocycles. The molecule has 7 heteroatoms. The second kappa shape index (κ2) is 6.92. The van der Waals surface area contributed by atoms with E-state index >= 15 is 0 Å². The molecule has 0 amide bonds. The van der Waals surface area contributed by atoms with Crippen molar-refractivity contribution in [2.75, 3.05) is 47.1 Å². The van der Waals surface area contributed by atoms with Crippen LogP contribution in [-0.4, -0.2) is 59.0 Å². The highest BCUT2D eigenvalue weighted by Gasteiger charge is 2.21. The SMILES string of the molecule is COc1cc(S(=O)(=O)N(C)CCCN(C)C)ccc1N. The first kappa shape index (κ1) is 16.7. The fraction of sp³-hybridized carbons (Fsp3) is 0.538. The predicted molar refractivity (Wildman–Crippen MR) is 80.4 cm³/mol. The zero-order chi connectivity index (χ0) is 15.3. The highest BCUT2D eigenvalue weighted by atomic mass is 32.2. The Morgan fingerprint density at radius 3 is 2.40 bits per heavy atom. The summed E-state index contributed by atoms with van der Waals surface area (Å²) in [6, 6.07) is 4.49. The van der Waals surface area contributed by atoms with Crippen LogP contribution < -0.4 is 10.5 Å². The number of rotatable bonds is 7. The first-order valence-electron chi connectivity index (χ1n) is 6.33. The van der Waals surface area contributed by atoms with Crippen LogP contribution in [0.2, 0.25) is 0 Å². The minimum absolute atomic E-state index is 0.191. The monoisotopic (exact) mass is 301 g/mol. The molecule has 0 aliphatic carbocycles. The molecule has 0 radical (unpaired) electrons. The summed E-state index contributed by atoms with van der Waals surface area (Å²) in [6.45, 7) is 1.30. The lowest BCUT2D eigenvalue weighted by Crippen LogP contribution is -2.30. The number of nitrogen functional groups attached to an aromatic ring is 1. The lowest BCUT2D eigenvalue weighted by Gasteiger charge is -2.19. The van der Waals surface area contributed by atoms with Crippen molar-refractivity contribution in [3.05, 3.63) is 18.2 Å². The van der Waals surface area contributed by atoms with Gasteiger partial charge in [-0.3, -0.25) is 0 Å². The number of hydrogen-bond donors (Lipinski definition) is 1. The molecule has 0 unspecified atom stereocenters. The van der Waals surface area contributed by atoms with Crippen molar-refractivity contribution in [3.63, 3.8) is 0 Å². The summed E-state index contributed by atoms with van der Waals surface area (Å²) in [6.07, 6.45) is 0.773. The van der Waals surface area contributed by atoms with E-state index in [1.165, 1.54) is 23.5 Å². The van der Waals surface area contributed by atoms with Gasteiger partial charge in [-0.1, -0.05) is 0 Å². The first-order chi connectivity index (χ1) is 9.28. The zero-order valence-corrected chi connectivity index (χ0v) is 13.3. The van der Waals surface area contributed by atoms with Crippen molar-refractivity contribution < 1.29 is 13.2 Å². The largest absolute Gasteiger partial charge is 0.495 e. The molecule has 0 bridgehead atoms. The van der Waals surface area contributed by atoms with Crippen LogP contribution >= 0.6 is 0 Å². The van der Waals surface area contributed by atoms with E-state index in [4.69, 9.17) is 10.5 Å². The van der Waals surface area contributed by atoms with E-state index in [1.807, 2.05) is 19.0 Å². The average Bonchev–Trinajstić information content (AvgIpc) is 2.38. The van der Waals surface area contributed by atoms with Crippen LogP contribution in [0.4, 0.5) is 5.69 Å². The highest BCUT2D eigenvalue weighted by Crippen LogP contribution is 2.26.